The summed E-state index contributed by atoms with van der Waals surface area (Å²) >= 11 is 0. The van der Waals surface area contributed by atoms with E-state index in [0.29, 0.717) is 5.92 Å². The lowest BCUT2D eigenvalue weighted by atomic mass is 9.56. The van der Waals surface area contributed by atoms with Gasteiger partial charge in [0.05, 0.1) is 0 Å². The predicted octanol–water partition coefficient (Wildman–Crippen LogP) is 4.79. The van der Waals surface area contributed by atoms with Crippen LogP contribution in [0.4, 0.5) is 0 Å². The second-order valence-electron chi connectivity index (χ2n) is 7.86. The van der Waals surface area contributed by atoms with Crippen LogP contribution in [0, 0.1) is 11.8 Å². The van der Waals surface area contributed by atoms with E-state index in [2.05, 4.69) is 31.2 Å². The van der Waals surface area contributed by atoms with Crippen LogP contribution in [-0.2, 0) is 5.60 Å². The highest BCUT2D eigenvalue weighted by atomic mass is 16.3. The maximum absolute atomic E-state index is 12.1. The van der Waals surface area contributed by atoms with Crippen LogP contribution in [0.15, 0.2) is 71.8 Å². The van der Waals surface area contributed by atoms with E-state index in [0.717, 1.165) is 24.8 Å². The minimum atomic E-state index is -1.08. The SMILES string of the molecule is C[C@H]1C2=C(CCCC2)[C@](O)(c2ccccc2)[C@@H](CO)[C@@H]1c1ccccc1. The van der Waals surface area contributed by atoms with Crippen LogP contribution in [-0.4, -0.2) is 16.8 Å². The van der Waals surface area contributed by atoms with Crippen molar-refractivity contribution in [2.75, 3.05) is 6.61 Å². The maximum Gasteiger partial charge on any atom is 0.116 e. The Morgan fingerprint density at radius 1 is 0.923 bits per heavy atom. The van der Waals surface area contributed by atoms with Gasteiger partial charge in [-0.1, -0.05) is 73.2 Å². The van der Waals surface area contributed by atoms with Gasteiger partial charge in [-0.3, -0.25) is 0 Å². The van der Waals surface area contributed by atoms with Crippen molar-refractivity contribution in [3.8, 4) is 0 Å². The van der Waals surface area contributed by atoms with Crippen molar-refractivity contribution in [2.45, 2.75) is 44.1 Å². The average Bonchev–Trinajstić information content (AvgIpc) is 2.71. The van der Waals surface area contributed by atoms with Gasteiger partial charge in [-0.15, -0.1) is 0 Å². The topological polar surface area (TPSA) is 40.5 Å². The molecule has 2 heteroatoms. The zero-order valence-corrected chi connectivity index (χ0v) is 15.4. The summed E-state index contributed by atoms with van der Waals surface area (Å²) < 4.78 is 0. The fourth-order valence-electron chi connectivity index (χ4n) is 5.44. The van der Waals surface area contributed by atoms with Gasteiger partial charge in [-0.2, -0.15) is 0 Å². The zero-order chi connectivity index (χ0) is 18.1. The third-order valence-electron chi connectivity index (χ3n) is 6.62. The summed E-state index contributed by atoms with van der Waals surface area (Å²) in [6, 6.07) is 20.4. The summed E-state index contributed by atoms with van der Waals surface area (Å²) in [6.45, 7) is 2.26. The zero-order valence-electron chi connectivity index (χ0n) is 15.4. The van der Waals surface area contributed by atoms with Crippen molar-refractivity contribution in [2.24, 2.45) is 11.8 Å². The molecule has 0 heterocycles. The summed E-state index contributed by atoms with van der Waals surface area (Å²) in [4.78, 5) is 0. The molecule has 0 bridgehead atoms. The van der Waals surface area contributed by atoms with Crippen molar-refractivity contribution in [3.63, 3.8) is 0 Å². The van der Waals surface area contributed by atoms with Crippen LogP contribution in [0.5, 0.6) is 0 Å². The number of hydrogen-bond donors (Lipinski definition) is 2. The molecule has 0 saturated carbocycles. The van der Waals surface area contributed by atoms with E-state index in [9.17, 15) is 10.2 Å². The quantitative estimate of drug-likeness (QED) is 0.783. The molecule has 26 heavy (non-hydrogen) atoms. The van der Waals surface area contributed by atoms with Crippen molar-refractivity contribution >= 4 is 0 Å². The number of benzene rings is 2. The predicted molar refractivity (Wildman–Crippen MR) is 105 cm³/mol. The average molecular weight is 348 g/mol. The van der Waals surface area contributed by atoms with Gasteiger partial charge in [0.1, 0.15) is 5.60 Å². The molecule has 2 aromatic rings. The minimum absolute atomic E-state index is 0.0218. The standard InChI is InChI=1S/C24H28O2/c1-17-20-14-8-9-15-21(20)24(26,19-12-6-3-7-13-19)22(16-25)23(17)18-10-4-2-5-11-18/h2-7,10-13,17,22-23,25-26H,8-9,14-16H2,1H3/t17-,22-,23-,24+/m0/s1. The van der Waals surface area contributed by atoms with E-state index in [1.165, 1.54) is 23.1 Å². The first-order valence-corrected chi connectivity index (χ1v) is 9.84. The molecule has 0 aliphatic heterocycles. The summed E-state index contributed by atoms with van der Waals surface area (Å²) in [5.41, 5.74) is 3.64. The molecule has 2 N–H and O–H groups in total. The van der Waals surface area contributed by atoms with Gasteiger partial charge >= 0.3 is 0 Å². The highest BCUT2D eigenvalue weighted by Gasteiger charge is 2.52. The van der Waals surface area contributed by atoms with Gasteiger partial charge in [0, 0.05) is 12.5 Å². The Labute approximate surface area is 156 Å². The Hall–Kier alpha value is -1.90. The van der Waals surface area contributed by atoms with E-state index in [4.69, 9.17) is 0 Å². The Morgan fingerprint density at radius 2 is 1.54 bits per heavy atom. The molecule has 0 spiro atoms. The molecule has 4 atom stereocenters. The summed E-state index contributed by atoms with van der Waals surface area (Å²) in [7, 11) is 0. The van der Waals surface area contributed by atoms with Crippen molar-refractivity contribution in [1.82, 2.24) is 0 Å². The molecule has 2 aliphatic carbocycles. The van der Waals surface area contributed by atoms with Crippen LogP contribution in [0.3, 0.4) is 0 Å². The van der Waals surface area contributed by atoms with E-state index >= 15 is 0 Å². The Balaban J connectivity index is 1.94. The van der Waals surface area contributed by atoms with Crippen LogP contribution >= 0.6 is 0 Å². The number of rotatable bonds is 3. The summed E-state index contributed by atoms with van der Waals surface area (Å²) in [5, 5.41) is 22.6. The van der Waals surface area contributed by atoms with Crippen molar-refractivity contribution in [1.29, 1.82) is 0 Å². The van der Waals surface area contributed by atoms with E-state index in [1.807, 2.05) is 36.4 Å². The fourth-order valence-corrected chi connectivity index (χ4v) is 5.44. The molecule has 0 aromatic heterocycles. The molecule has 136 valence electrons. The first-order valence-electron chi connectivity index (χ1n) is 9.84. The van der Waals surface area contributed by atoms with Crippen molar-refractivity contribution < 1.29 is 10.2 Å². The van der Waals surface area contributed by atoms with Crippen LogP contribution in [0.1, 0.15) is 49.7 Å². The molecule has 2 aromatic carbocycles. The minimum Gasteiger partial charge on any atom is -0.396 e. The number of aliphatic hydroxyl groups excluding tert-OH is 1. The molecule has 0 fully saturated rings. The lowest BCUT2D eigenvalue weighted by Crippen LogP contribution is -2.49. The second kappa shape index (κ2) is 7.02. The third kappa shape index (κ3) is 2.64. The molecule has 0 radical (unpaired) electrons. The van der Waals surface area contributed by atoms with E-state index in [1.54, 1.807) is 0 Å². The van der Waals surface area contributed by atoms with Crippen LogP contribution in [0.25, 0.3) is 0 Å². The fraction of sp³-hybridized carbons (Fsp3) is 0.417. The second-order valence-corrected chi connectivity index (χ2v) is 7.86. The van der Waals surface area contributed by atoms with Crippen molar-refractivity contribution in [3.05, 3.63) is 82.9 Å². The van der Waals surface area contributed by atoms with Gasteiger partial charge < -0.3 is 10.2 Å². The van der Waals surface area contributed by atoms with Crippen LogP contribution in [0.2, 0.25) is 0 Å². The molecular formula is C24H28O2. The van der Waals surface area contributed by atoms with Gasteiger partial charge in [0.2, 0.25) is 0 Å². The van der Waals surface area contributed by atoms with Gasteiger partial charge in [-0.25, -0.2) is 0 Å². The summed E-state index contributed by atoms with van der Waals surface area (Å²) in [5.74, 6) is 0.219. The van der Waals surface area contributed by atoms with Gasteiger partial charge in [-0.05, 0) is 54.2 Å². The number of hydrogen-bond acceptors (Lipinski definition) is 2. The highest BCUT2D eigenvalue weighted by Crippen LogP contribution is 2.57. The van der Waals surface area contributed by atoms with Gasteiger partial charge in [0.15, 0.2) is 0 Å². The first-order chi connectivity index (χ1) is 12.7. The molecule has 2 aliphatic rings. The van der Waals surface area contributed by atoms with Gasteiger partial charge in [0.25, 0.3) is 0 Å². The van der Waals surface area contributed by atoms with Crippen LogP contribution < -0.4 is 0 Å². The molecule has 0 amide bonds. The normalized spacial score (nSPS) is 31.6. The lowest BCUT2D eigenvalue weighted by molar-refractivity contribution is -0.0477. The Morgan fingerprint density at radius 3 is 2.19 bits per heavy atom. The van der Waals surface area contributed by atoms with E-state index < -0.39 is 5.60 Å². The largest absolute Gasteiger partial charge is 0.396 e. The lowest BCUT2D eigenvalue weighted by Gasteiger charge is -2.51. The number of aliphatic hydroxyl groups is 2. The van der Waals surface area contributed by atoms with E-state index in [-0.39, 0.29) is 18.4 Å². The maximum atomic E-state index is 12.1. The smallest absolute Gasteiger partial charge is 0.116 e. The highest BCUT2D eigenvalue weighted by molar-refractivity contribution is 5.44. The number of allylic oxidation sites excluding steroid dienone is 1. The molecule has 4 rings (SSSR count). The summed E-state index contributed by atoms with van der Waals surface area (Å²) in [6.07, 6.45) is 4.31. The third-order valence-corrected chi connectivity index (χ3v) is 6.62. The monoisotopic (exact) mass is 348 g/mol. The first kappa shape index (κ1) is 17.5. The Kier molecular flexibility index (Phi) is 4.73. The molecule has 0 unspecified atom stereocenters. The Bertz CT molecular complexity index is 780. The molecule has 2 nitrogen and oxygen atoms in total. The molecular weight excluding hydrogens is 320 g/mol. The molecule has 0 saturated heterocycles.